The van der Waals surface area contributed by atoms with Crippen LogP contribution in [0.1, 0.15) is 0 Å². The molecule has 0 unspecified atom stereocenters. The number of hydrogen-bond acceptors (Lipinski definition) is 4. The standard InChI is InChI=1S/C9H9NO3/c1-12-7-2-3-9(8(11)6-7)13-5-4-10/h2-3,6,11H,5H2,1H3. The van der Waals surface area contributed by atoms with E-state index in [2.05, 4.69) is 0 Å². The van der Waals surface area contributed by atoms with E-state index in [9.17, 15) is 5.11 Å². The molecule has 4 heteroatoms. The summed E-state index contributed by atoms with van der Waals surface area (Å²) >= 11 is 0. The highest BCUT2D eigenvalue weighted by molar-refractivity contribution is 5.44. The smallest absolute Gasteiger partial charge is 0.174 e. The molecule has 0 radical (unpaired) electrons. The van der Waals surface area contributed by atoms with Gasteiger partial charge in [-0.1, -0.05) is 0 Å². The molecule has 0 heterocycles. The Balaban J connectivity index is 2.80. The lowest BCUT2D eigenvalue weighted by atomic mass is 10.3. The summed E-state index contributed by atoms with van der Waals surface area (Å²) in [4.78, 5) is 0. The second kappa shape index (κ2) is 4.21. The van der Waals surface area contributed by atoms with Gasteiger partial charge in [0.25, 0.3) is 0 Å². The molecule has 0 fully saturated rings. The number of rotatable bonds is 3. The van der Waals surface area contributed by atoms with Gasteiger partial charge < -0.3 is 14.6 Å². The van der Waals surface area contributed by atoms with Crippen LogP contribution in [0.5, 0.6) is 17.2 Å². The third kappa shape index (κ3) is 2.27. The normalized spacial score (nSPS) is 8.92. The van der Waals surface area contributed by atoms with Gasteiger partial charge in [-0.25, -0.2) is 0 Å². The first-order valence-electron chi connectivity index (χ1n) is 3.64. The summed E-state index contributed by atoms with van der Waals surface area (Å²) in [7, 11) is 1.50. The summed E-state index contributed by atoms with van der Waals surface area (Å²) in [5.41, 5.74) is 0. The minimum atomic E-state index is -0.0834. The number of aromatic hydroxyl groups is 1. The number of ether oxygens (including phenoxy) is 2. The van der Waals surface area contributed by atoms with Crippen molar-refractivity contribution >= 4 is 0 Å². The highest BCUT2D eigenvalue weighted by atomic mass is 16.5. The van der Waals surface area contributed by atoms with Crippen molar-refractivity contribution in [2.24, 2.45) is 0 Å². The van der Waals surface area contributed by atoms with Gasteiger partial charge in [-0.15, -0.1) is 0 Å². The highest BCUT2D eigenvalue weighted by Crippen LogP contribution is 2.29. The Bertz CT molecular complexity index is 330. The first kappa shape index (κ1) is 9.20. The van der Waals surface area contributed by atoms with Crippen LogP contribution >= 0.6 is 0 Å². The van der Waals surface area contributed by atoms with E-state index >= 15 is 0 Å². The molecule has 0 saturated heterocycles. The van der Waals surface area contributed by atoms with Crippen molar-refractivity contribution in [3.8, 4) is 23.3 Å². The summed E-state index contributed by atoms with van der Waals surface area (Å²) in [6, 6.07) is 6.42. The fraction of sp³-hybridized carbons (Fsp3) is 0.222. The van der Waals surface area contributed by atoms with Gasteiger partial charge in [-0.05, 0) is 12.1 Å². The monoisotopic (exact) mass is 179 g/mol. The Kier molecular flexibility index (Phi) is 2.98. The van der Waals surface area contributed by atoms with E-state index in [4.69, 9.17) is 14.7 Å². The fourth-order valence-corrected chi connectivity index (χ4v) is 0.856. The summed E-state index contributed by atoms with van der Waals surface area (Å²) in [5.74, 6) is 0.791. The van der Waals surface area contributed by atoms with E-state index in [-0.39, 0.29) is 18.1 Å². The molecule has 0 bridgehead atoms. The number of phenolic OH excluding ortho intramolecular Hbond substituents is 1. The summed E-state index contributed by atoms with van der Waals surface area (Å²) in [5, 5.41) is 17.6. The number of nitrogens with zero attached hydrogens (tertiary/aromatic N) is 1. The van der Waals surface area contributed by atoms with Crippen LogP contribution in [0, 0.1) is 11.3 Å². The van der Waals surface area contributed by atoms with Crippen LogP contribution in [-0.4, -0.2) is 18.8 Å². The average Bonchev–Trinajstić information content (AvgIpc) is 2.16. The van der Waals surface area contributed by atoms with Crippen LogP contribution in [0.2, 0.25) is 0 Å². The Morgan fingerprint density at radius 1 is 1.54 bits per heavy atom. The Labute approximate surface area is 75.9 Å². The van der Waals surface area contributed by atoms with Gasteiger partial charge in [-0.3, -0.25) is 0 Å². The summed E-state index contributed by atoms with van der Waals surface area (Å²) < 4.78 is 9.79. The molecule has 1 rings (SSSR count). The number of phenols is 1. The second-order valence-electron chi connectivity index (χ2n) is 2.28. The molecule has 0 atom stereocenters. The minimum absolute atomic E-state index is 0.0328. The van der Waals surface area contributed by atoms with Crippen molar-refractivity contribution in [1.82, 2.24) is 0 Å². The SMILES string of the molecule is COc1ccc(OCC#N)c(O)c1. The molecule has 0 saturated carbocycles. The van der Waals surface area contributed by atoms with E-state index < -0.39 is 0 Å². The molecule has 0 spiro atoms. The topological polar surface area (TPSA) is 62.5 Å². The predicted octanol–water partition coefficient (Wildman–Crippen LogP) is 1.30. The third-order valence-corrected chi connectivity index (χ3v) is 1.46. The van der Waals surface area contributed by atoms with Crippen molar-refractivity contribution in [3.63, 3.8) is 0 Å². The zero-order valence-electron chi connectivity index (χ0n) is 7.15. The highest BCUT2D eigenvalue weighted by Gasteiger charge is 2.02. The van der Waals surface area contributed by atoms with E-state index in [0.717, 1.165) is 0 Å². The number of nitriles is 1. The van der Waals surface area contributed by atoms with Crippen LogP contribution in [0.3, 0.4) is 0 Å². The van der Waals surface area contributed by atoms with E-state index in [0.29, 0.717) is 5.75 Å². The molecular weight excluding hydrogens is 170 g/mol. The zero-order chi connectivity index (χ0) is 9.68. The maximum atomic E-state index is 9.33. The van der Waals surface area contributed by atoms with Crippen LogP contribution in [0.4, 0.5) is 0 Å². The van der Waals surface area contributed by atoms with Crippen molar-refractivity contribution < 1.29 is 14.6 Å². The minimum Gasteiger partial charge on any atom is -0.504 e. The van der Waals surface area contributed by atoms with Crippen LogP contribution in [0.25, 0.3) is 0 Å². The van der Waals surface area contributed by atoms with Gasteiger partial charge in [0.15, 0.2) is 18.1 Å². The molecule has 4 nitrogen and oxygen atoms in total. The largest absolute Gasteiger partial charge is 0.504 e. The lowest BCUT2D eigenvalue weighted by molar-refractivity contribution is 0.337. The Hall–Kier alpha value is -1.89. The molecule has 1 aromatic rings. The molecule has 0 aromatic heterocycles. The van der Waals surface area contributed by atoms with Crippen molar-refractivity contribution in [2.45, 2.75) is 0 Å². The quantitative estimate of drug-likeness (QED) is 0.759. The van der Waals surface area contributed by atoms with E-state index in [1.807, 2.05) is 6.07 Å². The van der Waals surface area contributed by atoms with Crippen molar-refractivity contribution in [2.75, 3.05) is 13.7 Å². The van der Waals surface area contributed by atoms with Gasteiger partial charge >= 0.3 is 0 Å². The maximum Gasteiger partial charge on any atom is 0.174 e. The summed E-state index contributed by atoms with van der Waals surface area (Å²) in [6.07, 6.45) is 0. The number of methoxy groups -OCH3 is 1. The first-order chi connectivity index (χ1) is 6.27. The first-order valence-corrected chi connectivity index (χ1v) is 3.64. The fourth-order valence-electron chi connectivity index (χ4n) is 0.856. The van der Waals surface area contributed by atoms with E-state index in [1.54, 1.807) is 12.1 Å². The Morgan fingerprint density at radius 3 is 2.85 bits per heavy atom. The zero-order valence-corrected chi connectivity index (χ0v) is 7.15. The second-order valence-corrected chi connectivity index (χ2v) is 2.28. The van der Waals surface area contributed by atoms with Gasteiger partial charge in [0.2, 0.25) is 0 Å². The average molecular weight is 179 g/mol. The molecule has 1 N–H and O–H groups in total. The molecular formula is C9H9NO3. The molecule has 0 amide bonds. The van der Waals surface area contributed by atoms with Gasteiger partial charge in [0.05, 0.1) is 7.11 Å². The molecule has 0 aliphatic heterocycles. The Morgan fingerprint density at radius 2 is 2.31 bits per heavy atom. The molecule has 68 valence electrons. The molecule has 1 aromatic carbocycles. The van der Waals surface area contributed by atoms with Gasteiger partial charge in [-0.2, -0.15) is 5.26 Å². The molecule has 13 heavy (non-hydrogen) atoms. The van der Waals surface area contributed by atoms with Crippen molar-refractivity contribution in [1.29, 1.82) is 5.26 Å². The summed E-state index contributed by atoms with van der Waals surface area (Å²) in [6.45, 7) is -0.0834. The number of benzene rings is 1. The van der Waals surface area contributed by atoms with Crippen LogP contribution in [0.15, 0.2) is 18.2 Å². The van der Waals surface area contributed by atoms with Gasteiger partial charge in [0, 0.05) is 6.07 Å². The lowest BCUT2D eigenvalue weighted by Crippen LogP contribution is -1.93. The maximum absolute atomic E-state index is 9.33. The molecule has 0 aliphatic rings. The number of hydrogen-bond donors (Lipinski definition) is 1. The van der Waals surface area contributed by atoms with Crippen molar-refractivity contribution in [3.05, 3.63) is 18.2 Å². The lowest BCUT2D eigenvalue weighted by Gasteiger charge is -2.05. The predicted molar refractivity (Wildman–Crippen MR) is 45.8 cm³/mol. The molecule has 0 aliphatic carbocycles. The van der Waals surface area contributed by atoms with Gasteiger partial charge in [0.1, 0.15) is 11.8 Å². The van der Waals surface area contributed by atoms with E-state index in [1.165, 1.54) is 13.2 Å². The van der Waals surface area contributed by atoms with Crippen LogP contribution in [-0.2, 0) is 0 Å². The third-order valence-electron chi connectivity index (χ3n) is 1.46. The van der Waals surface area contributed by atoms with Crippen LogP contribution < -0.4 is 9.47 Å².